The lowest BCUT2D eigenvalue weighted by atomic mass is 9.84. The summed E-state index contributed by atoms with van der Waals surface area (Å²) in [6, 6.07) is 18.3. The Bertz CT molecular complexity index is 648. The fourth-order valence-electron chi connectivity index (χ4n) is 2.54. The molecular formula is C21H27NO. The molecule has 0 atom stereocenters. The van der Waals surface area contributed by atoms with Crippen molar-refractivity contribution in [1.29, 1.82) is 0 Å². The van der Waals surface area contributed by atoms with Crippen LogP contribution in [-0.4, -0.2) is 5.91 Å². The van der Waals surface area contributed by atoms with Crippen molar-refractivity contribution in [2.75, 3.05) is 5.32 Å². The van der Waals surface area contributed by atoms with E-state index in [0.29, 0.717) is 0 Å². The van der Waals surface area contributed by atoms with Gasteiger partial charge in [-0.1, -0.05) is 77.1 Å². The lowest BCUT2D eigenvalue weighted by Gasteiger charge is -2.24. The highest BCUT2D eigenvalue weighted by Gasteiger charge is 2.28. The number of benzene rings is 2. The molecule has 0 unspecified atom stereocenters. The first kappa shape index (κ1) is 17.3. The molecule has 2 aromatic carbocycles. The molecule has 0 saturated heterocycles. The first-order valence-electron chi connectivity index (χ1n) is 8.14. The molecule has 0 spiro atoms. The molecule has 2 nitrogen and oxygen atoms in total. The largest absolute Gasteiger partial charge is 0.326 e. The number of carbonyl (C=O) groups excluding carboxylic acids is 1. The van der Waals surface area contributed by atoms with Crippen molar-refractivity contribution in [2.24, 2.45) is 5.41 Å². The lowest BCUT2D eigenvalue weighted by molar-refractivity contribution is -0.123. The predicted molar refractivity (Wildman–Crippen MR) is 97.7 cm³/mol. The molecule has 0 heterocycles. The van der Waals surface area contributed by atoms with Gasteiger partial charge in [0.15, 0.2) is 0 Å². The predicted octanol–water partition coefficient (Wildman–Crippen LogP) is 5.19. The summed E-state index contributed by atoms with van der Waals surface area (Å²) in [5.41, 5.74) is 2.96. The molecule has 0 radical (unpaired) electrons. The third kappa shape index (κ3) is 4.69. The van der Waals surface area contributed by atoms with E-state index in [2.05, 4.69) is 50.4 Å². The van der Waals surface area contributed by atoms with Gasteiger partial charge in [0, 0.05) is 11.1 Å². The van der Waals surface area contributed by atoms with Gasteiger partial charge >= 0.3 is 0 Å². The zero-order valence-corrected chi connectivity index (χ0v) is 14.8. The van der Waals surface area contributed by atoms with Crippen LogP contribution in [0.3, 0.4) is 0 Å². The van der Waals surface area contributed by atoms with Crippen LogP contribution in [0.4, 0.5) is 5.69 Å². The Morgan fingerprint density at radius 1 is 0.870 bits per heavy atom. The second kappa shape index (κ2) is 6.57. The van der Waals surface area contributed by atoms with Gasteiger partial charge in [-0.3, -0.25) is 4.79 Å². The average Bonchev–Trinajstić information content (AvgIpc) is 2.47. The fraction of sp³-hybridized carbons (Fsp3) is 0.381. The van der Waals surface area contributed by atoms with Gasteiger partial charge in [0.05, 0.1) is 0 Å². The normalized spacial score (nSPS) is 12.0. The monoisotopic (exact) mass is 309 g/mol. The van der Waals surface area contributed by atoms with Gasteiger partial charge < -0.3 is 5.32 Å². The van der Waals surface area contributed by atoms with E-state index >= 15 is 0 Å². The summed E-state index contributed by atoms with van der Waals surface area (Å²) in [7, 11) is 0. The van der Waals surface area contributed by atoms with Crippen molar-refractivity contribution >= 4 is 11.6 Å². The topological polar surface area (TPSA) is 29.1 Å². The number of carbonyl (C=O) groups is 1. The molecule has 0 aromatic heterocycles. The van der Waals surface area contributed by atoms with Gasteiger partial charge in [0.25, 0.3) is 0 Å². The molecule has 0 aliphatic rings. The third-order valence-electron chi connectivity index (χ3n) is 4.11. The van der Waals surface area contributed by atoms with Crippen LogP contribution >= 0.6 is 0 Å². The van der Waals surface area contributed by atoms with Crippen molar-refractivity contribution in [3.8, 4) is 0 Å². The summed E-state index contributed by atoms with van der Waals surface area (Å²) in [6.45, 7) is 10.5. The van der Waals surface area contributed by atoms with Gasteiger partial charge in [0.2, 0.25) is 5.91 Å². The van der Waals surface area contributed by atoms with Crippen molar-refractivity contribution in [3.63, 3.8) is 0 Å². The molecule has 0 fully saturated rings. The van der Waals surface area contributed by atoms with E-state index in [1.807, 2.05) is 44.2 Å². The Morgan fingerprint density at radius 3 is 1.96 bits per heavy atom. The number of nitrogens with one attached hydrogen (secondary N) is 1. The average molecular weight is 309 g/mol. The summed E-state index contributed by atoms with van der Waals surface area (Å²) < 4.78 is 0. The molecule has 122 valence electrons. The second-order valence-electron chi connectivity index (χ2n) is 7.83. The molecule has 2 heteroatoms. The minimum atomic E-state index is -0.454. The van der Waals surface area contributed by atoms with E-state index in [1.165, 1.54) is 11.1 Å². The lowest BCUT2D eigenvalue weighted by Crippen LogP contribution is -2.32. The number of rotatable bonds is 4. The van der Waals surface area contributed by atoms with Gasteiger partial charge in [0.1, 0.15) is 0 Å². The Kier molecular flexibility index (Phi) is 4.93. The maximum absolute atomic E-state index is 12.6. The van der Waals surface area contributed by atoms with Gasteiger partial charge in [-0.25, -0.2) is 0 Å². The van der Waals surface area contributed by atoms with Crippen molar-refractivity contribution in [3.05, 3.63) is 65.7 Å². The Labute approximate surface area is 139 Å². The Hall–Kier alpha value is -2.09. The Balaban J connectivity index is 2.05. The number of anilines is 1. The van der Waals surface area contributed by atoms with Crippen molar-refractivity contribution in [2.45, 2.75) is 46.5 Å². The van der Waals surface area contributed by atoms with E-state index in [4.69, 9.17) is 0 Å². The molecule has 0 aliphatic carbocycles. The van der Waals surface area contributed by atoms with Crippen LogP contribution in [0, 0.1) is 5.41 Å². The van der Waals surface area contributed by atoms with Crippen molar-refractivity contribution in [1.82, 2.24) is 0 Å². The second-order valence-corrected chi connectivity index (χ2v) is 7.83. The maximum Gasteiger partial charge on any atom is 0.230 e. The van der Waals surface area contributed by atoms with E-state index in [-0.39, 0.29) is 11.3 Å². The van der Waals surface area contributed by atoms with Crippen LogP contribution in [0.1, 0.15) is 45.7 Å². The number of hydrogen-bond acceptors (Lipinski definition) is 1. The quantitative estimate of drug-likeness (QED) is 0.827. The van der Waals surface area contributed by atoms with E-state index in [0.717, 1.165) is 12.1 Å². The molecular weight excluding hydrogens is 282 g/mol. The summed E-state index contributed by atoms with van der Waals surface area (Å²) in [5, 5.41) is 3.04. The van der Waals surface area contributed by atoms with E-state index in [9.17, 15) is 4.79 Å². The van der Waals surface area contributed by atoms with Crippen molar-refractivity contribution < 1.29 is 4.79 Å². The van der Waals surface area contributed by atoms with Crippen LogP contribution in [-0.2, 0) is 16.6 Å². The molecule has 0 saturated carbocycles. The zero-order chi connectivity index (χ0) is 17.1. The van der Waals surface area contributed by atoms with Crippen LogP contribution in [0.25, 0.3) is 0 Å². The van der Waals surface area contributed by atoms with E-state index in [1.54, 1.807) is 0 Å². The minimum Gasteiger partial charge on any atom is -0.326 e. The van der Waals surface area contributed by atoms with Gasteiger partial charge in [-0.2, -0.15) is 0 Å². The fourth-order valence-corrected chi connectivity index (χ4v) is 2.54. The molecule has 2 rings (SSSR count). The smallest absolute Gasteiger partial charge is 0.230 e. The first-order chi connectivity index (χ1) is 10.7. The highest BCUT2D eigenvalue weighted by atomic mass is 16.2. The summed E-state index contributed by atoms with van der Waals surface area (Å²) >= 11 is 0. The molecule has 0 aliphatic heterocycles. The van der Waals surface area contributed by atoms with Gasteiger partial charge in [-0.05, 0) is 35.1 Å². The first-order valence-corrected chi connectivity index (χ1v) is 8.14. The van der Waals surface area contributed by atoms with E-state index < -0.39 is 5.41 Å². The maximum atomic E-state index is 12.6. The molecule has 2 aromatic rings. The molecule has 1 N–H and O–H groups in total. The third-order valence-corrected chi connectivity index (χ3v) is 4.11. The SMILES string of the molecule is CC(C)(Cc1ccccc1)C(=O)Nc1ccc(C(C)(C)C)cc1. The number of hydrogen-bond donors (Lipinski definition) is 1. The molecule has 23 heavy (non-hydrogen) atoms. The molecule has 1 amide bonds. The minimum absolute atomic E-state index is 0.0462. The van der Waals surface area contributed by atoms with Crippen LogP contribution in [0.2, 0.25) is 0 Å². The highest BCUT2D eigenvalue weighted by Crippen LogP contribution is 2.26. The highest BCUT2D eigenvalue weighted by molar-refractivity contribution is 5.95. The molecule has 0 bridgehead atoms. The van der Waals surface area contributed by atoms with Gasteiger partial charge in [-0.15, -0.1) is 0 Å². The van der Waals surface area contributed by atoms with Crippen LogP contribution in [0.15, 0.2) is 54.6 Å². The summed E-state index contributed by atoms with van der Waals surface area (Å²) in [4.78, 5) is 12.6. The summed E-state index contributed by atoms with van der Waals surface area (Å²) in [5.74, 6) is 0.0462. The number of amides is 1. The Morgan fingerprint density at radius 2 is 1.43 bits per heavy atom. The van der Waals surface area contributed by atoms with Crippen LogP contribution < -0.4 is 5.32 Å². The summed E-state index contributed by atoms with van der Waals surface area (Å²) in [6.07, 6.45) is 0.722. The van der Waals surface area contributed by atoms with Crippen LogP contribution in [0.5, 0.6) is 0 Å². The standard InChI is InChI=1S/C21H27NO/c1-20(2,3)17-11-13-18(14-12-17)22-19(23)21(4,5)15-16-9-7-6-8-10-16/h6-14H,15H2,1-5H3,(H,22,23). The zero-order valence-electron chi connectivity index (χ0n) is 14.8.